The molecule has 0 saturated carbocycles. The van der Waals surface area contributed by atoms with Crippen LogP contribution < -0.4 is 0 Å². The molecule has 0 saturated heterocycles. The van der Waals surface area contributed by atoms with Gasteiger partial charge in [0.2, 0.25) is 0 Å². The molecular formula is C12H25NO. The van der Waals surface area contributed by atoms with Crippen LogP contribution in [0.5, 0.6) is 0 Å². The summed E-state index contributed by atoms with van der Waals surface area (Å²) in [6.07, 6.45) is 3.02. The van der Waals surface area contributed by atoms with Crippen molar-refractivity contribution < 1.29 is 4.79 Å². The van der Waals surface area contributed by atoms with E-state index in [1.165, 1.54) is 0 Å². The van der Waals surface area contributed by atoms with Crippen molar-refractivity contribution in [1.82, 2.24) is 4.90 Å². The zero-order valence-electron chi connectivity index (χ0n) is 10.6. The van der Waals surface area contributed by atoms with Crippen molar-refractivity contribution >= 4 is 5.78 Å². The first-order chi connectivity index (χ1) is 6.32. The van der Waals surface area contributed by atoms with E-state index < -0.39 is 0 Å². The highest BCUT2D eigenvalue weighted by molar-refractivity contribution is 5.87. The molecule has 0 aromatic rings. The van der Waals surface area contributed by atoms with E-state index in [0.29, 0.717) is 18.1 Å². The molecular weight excluding hydrogens is 174 g/mol. The molecule has 0 aliphatic carbocycles. The van der Waals surface area contributed by atoms with E-state index in [4.69, 9.17) is 0 Å². The second-order valence-electron chi connectivity index (χ2n) is 4.97. The Hall–Kier alpha value is -0.370. The van der Waals surface area contributed by atoms with Gasteiger partial charge in [0, 0.05) is 6.42 Å². The van der Waals surface area contributed by atoms with Crippen LogP contribution in [0.3, 0.4) is 0 Å². The standard InChI is InChI=1S/C12H25NO/c1-7-8-10(2)9-11(14)12(3,4)13(5)6/h10H,7-9H2,1-6H3. The van der Waals surface area contributed by atoms with E-state index >= 15 is 0 Å². The van der Waals surface area contributed by atoms with E-state index in [-0.39, 0.29) is 5.54 Å². The molecule has 2 heteroatoms. The number of carbonyl (C=O) groups is 1. The molecule has 1 unspecified atom stereocenters. The minimum absolute atomic E-state index is 0.317. The average molecular weight is 199 g/mol. The predicted molar refractivity (Wildman–Crippen MR) is 61.5 cm³/mol. The van der Waals surface area contributed by atoms with E-state index in [0.717, 1.165) is 12.8 Å². The summed E-state index contributed by atoms with van der Waals surface area (Å²) in [6, 6.07) is 0. The van der Waals surface area contributed by atoms with Gasteiger partial charge in [-0.05, 0) is 33.9 Å². The second-order valence-corrected chi connectivity index (χ2v) is 4.97. The number of ketones is 1. The highest BCUT2D eigenvalue weighted by Crippen LogP contribution is 2.19. The zero-order chi connectivity index (χ0) is 11.4. The van der Waals surface area contributed by atoms with Crippen LogP contribution in [0.1, 0.15) is 47.0 Å². The molecule has 0 bridgehead atoms. The Morgan fingerprint density at radius 1 is 1.36 bits per heavy atom. The van der Waals surface area contributed by atoms with Crippen LogP contribution >= 0.6 is 0 Å². The lowest BCUT2D eigenvalue weighted by Crippen LogP contribution is -2.46. The van der Waals surface area contributed by atoms with Gasteiger partial charge in [0.05, 0.1) is 5.54 Å². The van der Waals surface area contributed by atoms with E-state index in [9.17, 15) is 4.79 Å². The topological polar surface area (TPSA) is 20.3 Å². The van der Waals surface area contributed by atoms with Crippen molar-refractivity contribution in [1.29, 1.82) is 0 Å². The van der Waals surface area contributed by atoms with Gasteiger partial charge >= 0.3 is 0 Å². The molecule has 84 valence electrons. The van der Waals surface area contributed by atoms with Gasteiger partial charge in [-0.2, -0.15) is 0 Å². The first-order valence-corrected chi connectivity index (χ1v) is 5.53. The van der Waals surface area contributed by atoms with Crippen LogP contribution in [0.25, 0.3) is 0 Å². The summed E-state index contributed by atoms with van der Waals surface area (Å²) < 4.78 is 0. The molecule has 0 heterocycles. The number of carbonyl (C=O) groups excluding carboxylic acids is 1. The predicted octanol–water partition coefficient (Wildman–Crippen LogP) is 2.72. The molecule has 0 spiro atoms. The number of nitrogens with zero attached hydrogens (tertiary/aromatic N) is 1. The molecule has 0 aliphatic heterocycles. The van der Waals surface area contributed by atoms with E-state index in [1.807, 2.05) is 32.8 Å². The van der Waals surface area contributed by atoms with Crippen molar-refractivity contribution in [2.45, 2.75) is 52.5 Å². The fourth-order valence-electron chi connectivity index (χ4n) is 1.41. The quantitative estimate of drug-likeness (QED) is 0.655. The Balaban J connectivity index is 4.20. The minimum atomic E-state index is -0.317. The van der Waals surface area contributed by atoms with Crippen molar-refractivity contribution in [2.24, 2.45) is 5.92 Å². The Labute approximate surface area is 88.7 Å². The van der Waals surface area contributed by atoms with Gasteiger partial charge in [0.1, 0.15) is 0 Å². The summed E-state index contributed by atoms with van der Waals surface area (Å²) in [7, 11) is 3.92. The first kappa shape index (κ1) is 13.6. The van der Waals surface area contributed by atoms with E-state index in [1.54, 1.807) is 0 Å². The lowest BCUT2D eigenvalue weighted by molar-refractivity contribution is -0.128. The van der Waals surface area contributed by atoms with Gasteiger partial charge < -0.3 is 0 Å². The Morgan fingerprint density at radius 3 is 2.21 bits per heavy atom. The Morgan fingerprint density at radius 2 is 1.86 bits per heavy atom. The summed E-state index contributed by atoms with van der Waals surface area (Å²) in [5, 5.41) is 0. The summed E-state index contributed by atoms with van der Waals surface area (Å²) in [5.41, 5.74) is -0.317. The lowest BCUT2D eigenvalue weighted by Gasteiger charge is -2.31. The SMILES string of the molecule is CCCC(C)CC(=O)C(C)(C)N(C)C. The molecule has 14 heavy (non-hydrogen) atoms. The van der Waals surface area contributed by atoms with Crippen molar-refractivity contribution in [3.05, 3.63) is 0 Å². The van der Waals surface area contributed by atoms with Crippen molar-refractivity contribution in [3.63, 3.8) is 0 Å². The molecule has 0 fully saturated rings. The summed E-state index contributed by atoms with van der Waals surface area (Å²) >= 11 is 0. The molecule has 0 radical (unpaired) electrons. The number of likely N-dealkylation sites (N-methyl/N-ethyl adjacent to an activating group) is 1. The molecule has 0 aliphatic rings. The molecule has 0 rings (SSSR count). The number of rotatable bonds is 6. The third-order valence-corrected chi connectivity index (χ3v) is 3.12. The molecule has 0 N–H and O–H groups in total. The highest BCUT2D eigenvalue weighted by Gasteiger charge is 2.29. The lowest BCUT2D eigenvalue weighted by atomic mass is 9.89. The third kappa shape index (κ3) is 3.79. The monoisotopic (exact) mass is 199 g/mol. The van der Waals surface area contributed by atoms with Gasteiger partial charge in [-0.15, -0.1) is 0 Å². The van der Waals surface area contributed by atoms with Gasteiger partial charge in [-0.1, -0.05) is 26.7 Å². The molecule has 0 aromatic carbocycles. The Kier molecular flexibility index (Phi) is 5.35. The highest BCUT2D eigenvalue weighted by atomic mass is 16.1. The van der Waals surface area contributed by atoms with Crippen LogP contribution in [0.15, 0.2) is 0 Å². The molecule has 0 aromatic heterocycles. The molecule has 1 atom stereocenters. The number of hydrogen-bond acceptors (Lipinski definition) is 2. The van der Waals surface area contributed by atoms with Crippen molar-refractivity contribution in [3.8, 4) is 0 Å². The van der Waals surface area contributed by atoms with Crippen LogP contribution in [-0.2, 0) is 4.79 Å². The van der Waals surface area contributed by atoms with Crippen LogP contribution in [-0.4, -0.2) is 30.3 Å². The largest absolute Gasteiger partial charge is 0.298 e. The number of Topliss-reactive ketones (excluding diaryl/α,β-unsaturated/α-hetero) is 1. The van der Waals surface area contributed by atoms with Gasteiger partial charge in [-0.25, -0.2) is 0 Å². The maximum absolute atomic E-state index is 11.9. The minimum Gasteiger partial charge on any atom is -0.298 e. The van der Waals surface area contributed by atoms with E-state index in [2.05, 4.69) is 13.8 Å². The smallest absolute Gasteiger partial charge is 0.152 e. The summed E-state index contributed by atoms with van der Waals surface area (Å²) in [4.78, 5) is 13.9. The van der Waals surface area contributed by atoms with Gasteiger partial charge in [0.25, 0.3) is 0 Å². The van der Waals surface area contributed by atoms with Crippen LogP contribution in [0.2, 0.25) is 0 Å². The maximum atomic E-state index is 11.9. The third-order valence-electron chi connectivity index (χ3n) is 3.12. The normalized spacial score (nSPS) is 14.5. The first-order valence-electron chi connectivity index (χ1n) is 5.53. The molecule has 2 nitrogen and oxygen atoms in total. The van der Waals surface area contributed by atoms with Gasteiger partial charge in [-0.3, -0.25) is 9.69 Å². The summed E-state index contributed by atoms with van der Waals surface area (Å²) in [6.45, 7) is 8.31. The summed E-state index contributed by atoms with van der Waals surface area (Å²) in [5.74, 6) is 0.871. The van der Waals surface area contributed by atoms with Crippen LogP contribution in [0.4, 0.5) is 0 Å². The molecule has 0 amide bonds. The van der Waals surface area contributed by atoms with Crippen LogP contribution in [0, 0.1) is 5.92 Å². The van der Waals surface area contributed by atoms with Crippen molar-refractivity contribution in [2.75, 3.05) is 14.1 Å². The fraction of sp³-hybridized carbons (Fsp3) is 0.917. The van der Waals surface area contributed by atoms with Gasteiger partial charge in [0.15, 0.2) is 5.78 Å². The average Bonchev–Trinajstić information content (AvgIpc) is 2.03. The Bertz CT molecular complexity index is 185. The second kappa shape index (κ2) is 5.50. The fourth-order valence-corrected chi connectivity index (χ4v) is 1.41. The number of hydrogen-bond donors (Lipinski definition) is 0. The maximum Gasteiger partial charge on any atom is 0.152 e. The zero-order valence-corrected chi connectivity index (χ0v) is 10.6.